The molecular weight excluding hydrogens is 291 g/mol. The van der Waals surface area contributed by atoms with Crippen LogP contribution < -0.4 is 15.7 Å². The Morgan fingerprint density at radius 2 is 1.50 bits per heavy atom. The summed E-state index contributed by atoms with van der Waals surface area (Å²) in [5.74, 6) is 0.984. The molecule has 1 aliphatic heterocycles. The third-order valence-electron chi connectivity index (χ3n) is 4.76. The van der Waals surface area contributed by atoms with Crippen LogP contribution in [-0.2, 0) is 0 Å². The summed E-state index contributed by atoms with van der Waals surface area (Å²) in [6.45, 7) is 9.10. The van der Waals surface area contributed by atoms with E-state index in [0.717, 1.165) is 0 Å². The van der Waals surface area contributed by atoms with Crippen molar-refractivity contribution >= 4 is 19.0 Å². The molecule has 3 rings (SSSR count). The zero-order chi connectivity index (χ0) is 17.3. The summed E-state index contributed by atoms with van der Waals surface area (Å²) in [4.78, 5) is 2.40. The van der Waals surface area contributed by atoms with Crippen molar-refractivity contribution in [3.63, 3.8) is 0 Å². The number of anilines is 1. The van der Waals surface area contributed by atoms with Crippen LogP contribution in [-0.4, -0.2) is 7.85 Å². The average Bonchev–Trinajstić information content (AvgIpc) is 3.03. The number of hydrogen-bond donors (Lipinski definition) is 1. The first-order chi connectivity index (χ1) is 11.5. The Kier molecular flexibility index (Phi) is 4.70. The summed E-state index contributed by atoms with van der Waals surface area (Å²) < 4.78 is 0. The second-order valence-corrected chi connectivity index (χ2v) is 7.30. The molecule has 1 N–H and O–H groups in total. The lowest BCUT2D eigenvalue weighted by Crippen LogP contribution is -2.28. The van der Waals surface area contributed by atoms with Gasteiger partial charge in [0.05, 0.1) is 0 Å². The first-order valence-electron chi connectivity index (χ1n) is 8.89. The van der Waals surface area contributed by atoms with Crippen molar-refractivity contribution in [3.8, 4) is 0 Å². The van der Waals surface area contributed by atoms with E-state index in [2.05, 4.69) is 101 Å². The van der Waals surface area contributed by atoms with Crippen LogP contribution in [0.2, 0.25) is 0 Å². The van der Waals surface area contributed by atoms with E-state index in [1.807, 2.05) is 0 Å². The highest BCUT2D eigenvalue weighted by molar-refractivity contribution is 6.32. The third kappa shape index (κ3) is 3.08. The minimum absolute atomic E-state index is 0.156. The molecule has 0 aliphatic carbocycles. The number of benzene rings is 2. The van der Waals surface area contributed by atoms with E-state index in [1.54, 1.807) is 0 Å². The lowest BCUT2D eigenvalue weighted by atomic mass is 9.91. The van der Waals surface area contributed by atoms with Crippen LogP contribution in [0.15, 0.2) is 54.9 Å². The molecule has 2 aromatic rings. The summed E-state index contributed by atoms with van der Waals surface area (Å²) in [6, 6.07) is 15.5. The number of nitrogens with zero attached hydrogens (tertiary/aromatic N) is 1. The van der Waals surface area contributed by atoms with Gasteiger partial charge >= 0.3 is 0 Å². The van der Waals surface area contributed by atoms with E-state index in [1.165, 1.54) is 27.8 Å². The molecule has 1 heterocycles. The van der Waals surface area contributed by atoms with Gasteiger partial charge in [-0.15, -0.1) is 0 Å². The predicted molar refractivity (Wildman–Crippen MR) is 107 cm³/mol. The first kappa shape index (κ1) is 16.7. The molecule has 0 radical (unpaired) electrons. The molecule has 0 aromatic heterocycles. The summed E-state index contributed by atoms with van der Waals surface area (Å²) in [5, 5.41) is 3.52. The van der Waals surface area contributed by atoms with Gasteiger partial charge in [-0.05, 0) is 28.5 Å². The highest BCUT2D eigenvalue weighted by atomic mass is 15.3. The summed E-state index contributed by atoms with van der Waals surface area (Å²) >= 11 is 0. The normalized spacial score (nSPS) is 16.9. The number of rotatable bonds is 4. The molecule has 0 amide bonds. The van der Waals surface area contributed by atoms with E-state index < -0.39 is 0 Å². The molecule has 124 valence electrons. The molecule has 0 saturated carbocycles. The van der Waals surface area contributed by atoms with Crippen molar-refractivity contribution < 1.29 is 0 Å². The quantitative estimate of drug-likeness (QED) is 0.863. The SMILES string of the molecule is Bc1ccc(C2NC=CN2c2c(C(C)C)cccc2C(C)C)cc1. The second kappa shape index (κ2) is 6.76. The van der Waals surface area contributed by atoms with E-state index in [4.69, 9.17) is 0 Å². The molecule has 1 atom stereocenters. The van der Waals surface area contributed by atoms with Gasteiger partial charge < -0.3 is 10.2 Å². The van der Waals surface area contributed by atoms with Crippen molar-refractivity contribution in [2.24, 2.45) is 0 Å². The van der Waals surface area contributed by atoms with Crippen LogP contribution in [0.3, 0.4) is 0 Å². The molecule has 0 saturated heterocycles. The second-order valence-electron chi connectivity index (χ2n) is 7.30. The minimum Gasteiger partial charge on any atom is -0.366 e. The highest BCUT2D eigenvalue weighted by Gasteiger charge is 2.27. The van der Waals surface area contributed by atoms with Gasteiger partial charge in [0.2, 0.25) is 0 Å². The van der Waals surface area contributed by atoms with Crippen molar-refractivity contribution in [1.82, 2.24) is 5.32 Å². The van der Waals surface area contributed by atoms with Gasteiger partial charge in [0.15, 0.2) is 0 Å². The average molecular weight is 318 g/mol. The van der Waals surface area contributed by atoms with Crippen molar-refractivity contribution in [1.29, 1.82) is 0 Å². The van der Waals surface area contributed by atoms with Crippen LogP contribution in [0, 0.1) is 0 Å². The zero-order valence-electron chi connectivity index (χ0n) is 15.4. The molecule has 2 nitrogen and oxygen atoms in total. The van der Waals surface area contributed by atoms with Crippen molar-refractivity contribution in [2.45, 2.75) is 45.7 Å². The molecule has 1 aliphatic rings. The van der Waals surface area contributed by atoms with Gasteiger partial charge in [-0.3, -0.25) is 0 Å². The smallest absolute Gasteiger partial charge is 0.139 e. The van der Waals surface area contributed by atoms with E-state index >= 15 is 0 Å². The maximum atomic E-state index is 3.52. The van der Waals surface area contributed by atoms with Crippen LogP contribution in [0.25, 0.3) is 0 Å². The minimum atomic E-state index is 0.156. The van der Waals surface area contributed by atoms with Crippen LogP contribution in [0.4, 0.5) is 5.69 Å². The fourth-order valence-electron chi connectivity index (χ4n) is 3.40. The molecule has 24 heavy (non-hydrogen) atoms. The monoisotopic (exact) mass is 318 g/mol. The standard InChI is InChI=1S/C21H27BN2/c1-14(2)18-6-5-7-19(15(3)4)20(18)24-13-12-23-21(24)16-8-10-17(22)11-9-16/h5-15,21,23H,22H2,1-4H3. The van der Waals surface area contributed by atoms with E-state index in [9.17, 15) is 0 Å². The maximum Gasteiger partial charge on any atom is 0.139 e. The van der Waals surface area contributed by atoms with Crippen LogP contribution in [0.1, 0.15) is 62.4 Å². The topological polar surface area (TPSA) is 15.3 Å². The Balaban J connectivity index is 2.09. The first-order valence-corrected chi connectivity index (χ1v) is 8.89. The molecular formula is C21H27BN2. The zero-order valence-corrected chi connectivity index (χ0v) is 15.4. The highest BCUT2D eigenvalue weighted by Crippen LogP contribution is 2.40. The Labute approximate surface area is 147 Å². The van der Waals surface area contributed by atoms with E-state index in [-0.39, 0.29) is 6.17 Å². The van der Waals surface area contributed by atoms with Gasteiger partial charge in [0.25, 0.3) is 0 Å². The van der Waals surface area contributed by atoms with E-state index in [0.29, 0.717) is 11.8 Å². The molecule has 3 heteroatoms. The number of hydrogen-bond acceptors (Lipinski definition) is 2. The molecule has 0 spiro atoms. The fourth-order valence-corrected chi connectivity index (χ4v) is 3.40. The van der Waals surface area contributed by atoms with Crippen LogP contribution in [0.5, 0.6) is 0 Å². The predicted octanol–water partition coefficient (Wildman–Crippen LogP) is 3.77. The van der Waals surface area contributed by atoms with Gasteiger partial charge in [0, 0.05) is 18.1 Å². The molecule has 0 fully saturated rings. The van der Waals surface area contributed by atoms with Gasteiger partial charge in [-0.2, -0.15) is 0 Å². The number of nitrogens with one attached hydrogen (secondary N) is 1. The maximum absolute atomic E-state index is 3.52. The molecule has 0 bridgehead atoms. The summed E-state index contributed by atoms with van der Waals surface area (Å²) in [7, 11) is 2.13. The summed E-state index contributed by atoms with van der Waals surface area (Å²) in [5.41, 5.74) is 6.76. The Bertz CT molecular complexity index is 706. The van der Waals surface area contributed by atoms with Crippen LogP contribution >= 0.6 is 0 Å². The third-order valence-corrected chi connectivity index (χ3v) is 4.76. The summed E-state index contributed by atoms with van der Waals surface area (Å²) in [6.07, 6.45) is 4.39. The van der Waals surface area contributed by atoms with Gasteiger partial charge in [-0.1, -0.05) is 75.6 Å². The molecule has 2 aromatic carbocycles. The van der Waals surface area contributed by atoms with Gasteiger partial charge in [-0.25, -0.2) is 0 Å². The Morgan fingerprint density at radius 1 is 0.917 bits per heavy atom. The lowest BCUT2D eigenvalue weighted by Gasteiger charge is -2.32. The van der Waals surface area contributed by atoms with Crippen molar-refractivity contribution in [3.05, 3.63) is 71.6 Å². The van der Waals surface area contributed by atoms with Gasteiger partial charge in [0.1, 0.15) is 14.0 Å². The largest absolute Gasteiger partial charge is 0.366 e. The Morgan fingerprint density at radius 3 is 2.04 bits per heavy atom. The lowest BCUT2D eigenvalue weighted by molar-refractivity contribution is 0.657. The van der Waals surface area contributed by atoms with Crippen molar-refractivity contribution in [2.75, 3.05) is 4.90 Å². The number of para-hydroxylation sites is 1. The molecule has 1 unspecified atom stereocenters. The Hall–Kier alpha value is -2.16. The fraction of sp³-hybridized carbons (Fsp3) is 0.333.